The minimum Gasteiger partial charge on any atom is -0.297 e. The molecule has 0 radical (unpaired) electrons. The van der Waals surface area contributed by atoms with Crippen molar-refractivity contribution in [3.8, 4) is 0 Å². The number of hydrogen-bond acceptors (Lipinski definition) is 7. The standard InChI is InChI=1S/C33H35N7/c1-5-17-34-29(9-1)15-21-39(22-16-30-10-2-6-18-35-30)25-33-14-13-28(23-38-33)24-40(26-31-11-3-7-19-36-31)27-32-12-4-8-20-37-32/h1-14,17-20,23H,15-16,21-22,24-27H2. The molecule has 0 N–H and O–H groups in total. The Morgan fingerprint density at radius 1 is 0.400 bits per heavy atom. The van der Waals surface area contributed by atoms with E-state index in [1.54, 1.807) is 0 Å². The topological polar surface area (TPSA) is 70.9 Å². The molecular formula is C33H35N7. The number of hydrogen-bond donors (Lipinski definition) is 0. The molecule has 0 unspecified atom stereocenters. The van der Waals surface area contributed by atoms with Crippen molar-refractivity contribution in [1.82, 2.24) is 34.7 Å². The van der Waals surface area contributed by atoms with Gasteiger partial charge in [-0.3, -0.25) is 34.7 Å². The van der Waals surface area contributed by atoms with E-state index in [-0.39, 0.29) is 0 Å². The Balaban J connectivity index is 1.24. The summed E-state index contributed by atoms with van der Waals surface area (Å²) in [6.07, 6.45) is 11.2. The molecule has 0 aliphatic carbocycles. The molecule has 0 bridgehead atoms. The monoisotopic (exact) mass is 529 g/mol. The Bertz CT molecular complexity index is 1300. The molecule has 0 atom stereocenters. The summed E-state index contributed by atoms with van der Waals surface area (Å²) in [6, 6.07) is 28.6. The normalized spacial score (nSPS) is 11.2. The van der Waals surface area contributed by atoms with Crippen molar-refractivity contribution in [2.24, 2.45) is 0 Å². The quantitative estimate of drug-likeness (QED) is 0.197. The third-order valence-electron chi connectivity index (χ3n) is 6.72. The van der Waals surface area contributed by atoms with E-state index in [9.17, 15) is 0 Å². The molecule has 0 fully saturated rings. The minimum absolute atomic E-state index is 0.744. The highest BCUT2D eigenvalue weighted by atomic mass is 15.1. The molecule has 5 aromatic heterocycles. The van der Waals surface area contributed by atoms with E-state index in [0.717, 1.165) is 80.6 Å². The first-order valence-corrected chi connectivity index (χ1v) is 13.8. The van der Waals surface area contributed by atoms with Crippen LogP contribution in [0.1, 0.15) is 34.0 Å². The second kappa shape index (κ2) is 14.7. The first kappa shape index (κ1) is 27.2. The van der Waals surface area contributed by atoms with Crippen molar-refractivity contribution in [1.29, 1.82) is 0 Å². The summed E-state index contributed by atoms with van der Waals surface area (Å²) in [5.41, 5.74) is 6.53. The van der Waals surface area contributed by atoms with Gasteiger partial charge in [-0.25, -0.2) is 0 Å². The van der Waals surface area contributed by atoms with Crippen LogP contribution in [0.5, 0.6) is 0 Å². The van der Waals surface area contributed by atoms with Gasteiger partial charge in [0.2, 0.25) is 0 Å². The number of pyridine rings is 5. The molecule has 0 saturated carbocycles. The van der Waals surface area contributed by atoms with Crippen molar-refractivity contribution in [2.45, 2.75) is 39.0 Å². The summed E-state index contributed by atoms with van der Waals surface area (Å²) in [6.45, 7) is 4.86. The zero-order valence-corrected chi connectivity index (χ0v) is 22.8. The fourth-order valence-electron chi connectivity index (χ4n) is 4.65. The molecular weight excluding hydrogens is 494 g/mol. The predicted octanol–water partition coefficient (Wildman–Crippen LogP) is 5.15. The zero-order chi connectivity index (χ0) is 27.2. The molecule has 0 aliphatic rings. The molecule has 7 heteroatoms. The number of aromatic nitrogens is 5. The van der Waals surface area contributed by atoms with E-state index in [2.05, 4.69) is 66.1 Å². The highest BCUT2D eigenvalue weighted by Gasteiger charge is 2.12. The summed E-state index contributed by atoms with van der Waals surface area (Å²) < 4.78 is 0. The first-order valence-electron chi connectivity index (χ1n) is 13.8. The van der Waals surface area contributed by atoms with E-state index >= 15 is 0 Å². The van der Waals surface area contributed by atoms with Gasteiger partial charge >= 0.3 is 0 Å². The average Bonchev–Trinajstić information content (AvgIpc) is 3.01. The summed E-state index contributed by atoms with van der Waals surface area (Å²) in [7, 11) is 0. The second-order valence-electron chi connectivity index (χ2n) is 9.86. The summed E-state index contributed by atoms with van der Waals surface area (Å²) >= 11 is 0. The van der Waals surface area contributed by atoms with Crippen LogP contribution in [0.25, 0.3) is 0 Å². The summed E-state index contributed by atoms with van der Waals surface area (Å²) in [4.78, 5) is 27.7. The lowest BCUT2D eigenvalue weighted by Crippen LogP contribution is -2.29. The van der Waals surface area contributed by atoms with Crippen LogP contribution < -0.4 is 0 Å². The summed E-state index contributed by atoms with van der Waals surface area (Å²) in [5.74, 6) is 0. The predicted molar refractivity (Wildman–Crippen MR) is 157 cm³/mol. The van der Waals surface area contributed by atoms with Crippen molar-refractivity contribution >= 4 is 0 Å². The van der Waals surface area contributed by atoms with Crippen LogP contribution in [0.2, 0.25) is 0 Å². The van der Waals surface area contributed by atoms with Crippen LogP contribution in [0.4, 0.5) is 0 Å². The van der Waals surface area contributed by atoms with Crippen LogP contribution in [0.15, 0.2) is 116 Å². The molecule has 0 amide bonds. The van der Waals surface area contributed by atoms with Gasteiger partial charge in [0.15, 0.2) is 0 Å². The molecule has 5 rings (SSSR count). The lowest BCUT2D eigenvalue weighted by Gasteiger charge is -2.23. The molecule has 7 nitrogen and oxygen atoms in total. The Morgan fingerprint density at radius 3 is 1.27 bits per heavy atom. The molecule has 0 saturated heterocycles. The van der Waals surface area contributed by atoms with Gasteiger partial charge in [-0.15, -0.1) is 0 Å². The fraction of sp³-hybridized carbons (Fsp3) is 0.242. The van der Waals surface area contributed by atoms with Crippen LogP contribution in [-0.4, -0.2) is 47.8 Å². The molecule has 5 aromatic rings. The third-order valence-corrected chi connectivity index (χ3v) is 6.72. The summed E-state index contributed by atoms with van der Waals surface area (Å²) in [5, 5.41) is 0. The van der Waals surface area contributed by atoms with Gasteiger partial charge in [-0.05, 0) is 60.2 Å². The van der Waals surface area contributed by atoms with Gasteiger partial charge in [0.1, 0.15) is 0 Å². The maximum atomic E-state index is 4.86. The molecule has 40 heavy (non-hydrogen) atoms. The van der Waals surface area contributed by atoms with Crippen LogP contribution >= 0.6 is 0 Å². The third kappa shape index (κ3) is 8.86. The Hall–Kier alpha value is -4.33. The minimum atomic E-state index is 0.744. The van der Waals surface area contributed by atoms with E-state index in [4.69, 9.17) is 4.98 Å². The van der Waals surface area contributed by atoms with Crippen molar-refractivity contribution in [3.63, 3.8) is 0 Å². The molecule has 0 spiro atoms. The molecule has 0 aromatic carbocycles. The van der Waals surface area contributed by atoms with E-state index in [1.807, 2.05) is 79.5 Å². The van der Waals surface area contributed by atoms with E-state index < -0.39 is 0 Å². The highest BCUT2D eigenvalue weighted by Crippen LogP contribution is 2.13. The van der Waals surface area contributed by atoms with E-state index in [0.29, 0.717) is 0 Å². The highest BCUT2D eigenvalue weighted by molar-refractivity contribution is 5.16. The molecule has 5 heterocycles. The maximum Gasteiger partial charge on any atom is 0.0544 e. The lowest BCUT2D eigenvalue weighted by molar-refractivity contribution is 0.241. The van der Waals surface area contributed by atoms with Crippen LogP contribution in [0, 0.1) is 0 Å². The molecule has 0 aliphatic heterocycles. The Kier molecular flexibility index (Phi) is 10.0. The van der Waals surface area contributed by atoms with E-state index in [1.165, 1.54) is 5.56 Å². The van der Waals surface area contributed by atoms with Crippen molar-refractivity contribution in [2.75, 3.05) is 13.1 Å². The fourth-order valence-corrected chi connectivity index (χ4v) is 4.65. The first-order chi connectivity index (χ1) is 19.8. The van der Waals surface area contributed by atoms with Gasteiger partial charge < -0.3 is 0 Å². The largest absolute Gasteiger partial charge is 0.297 e. The number of rotatable bonds is 14. The smallest absolute Gasteiger partial charge is 0.0544 e. The van der Waals surface area contributed by atoms with Gasteiger partial charge in [0.25, 0.3) is 0 Å². The van der Waals surface area contributed by atoms with Gasteiger partial charge in [-0.1, -0.05) is 30.3 Å². The second-order valence-corrected chi connectivity index (χ2v) is 9.86. The maximum absolute atomic E-state index is 4.86. The van der Waals surface area contributed by atoms with Gasteiger partial charge in [0.05, 0.1) is 17.1 Å². The van der Waals surface area contributed by atoms with Crippen LogP contribution in [0.3, 0.4) is 0 Å². The average molecular weight is 530 g/mol. The molecule has 202 valence electrons. The Labute approximate surface area is 236 Å². The van der Waals surface area contributed by atoms with Crippen molar-refractivity contribution in [3.05, 3.63) is 150 Å². The van der Waals surface area contributed by atoms with Gasteiger partial charge in [0, 0.05) is 94.5 Å². The Morgan fingerprint density at radius 2 is 0.850 bits per heavy atom. The zero-order valence-electron chi connectivity index (χ0n) is 22.8. The van der Waals surface area contributed by atoms with Crippen molar-refractivity contribution < 1.29 is 0 Å². The lowest BCUT2D eigenvalue weighted by atomic mass is 10.2. The van der Waals surface area contributed by atoms with Gasteiger partial charge in [-0.2, -0.15) is 0 Å². The SMILES string of the molecule is c1ccc(CCN(CCc2ccccn2)Cc2ccc(CN(Cc3ccccn3)Cc3ccccn3)cn2)nc1. The van der Waals surface area contributed by atoms with Crippen LogP contribution in [-0.2, 0) is 39.0 Å². The number of nitrogens with zero attached hydrogens (tertiary/aromatic N) is 7.